The zero-order valence-electron chi connectivity index (χ0n) is 17.0. The summed E-state index contributed by atoms with van der Waals surface area (Å²) in [4.78, 5) is 11.2. The number of ether oxygens (including phenoxy) is 1. The van der Waals surface area contributed by atoms with Gasteiger partial charge in [0, 0.05) is 19.3 Å². The van der Waals surface area contributed by atoms with Gasteiger partial charge in [-0.1, -0.05) is 24.0 Å². The van der Waals surface area contributed by atoms with Crippen LogP contribution in [-0.4, -0.2) is 44.8 Å². The molecule has 0 aliphatic heterocycles. The molecule has 27 heavy (non-hydrogen) atoms. The van der Waals surface area contributed by atoms with Crippen LogP contribution in [0.1, 0.15) is 43.1 Å². The molecule has 0 saturated heterocycles. The monoisotopic (exact) mass is 363 g/mol. The summed E-state index contributed by atoms with van der Waals surface area (Å²) in [7, 11) is 9.89. The Morgan fingerprint density at radius 2 is 1.85 bits per heavy atom. The van der Waals surface area contributed by atoms with Gasteiger partial charge in [0.2, 0.25) is 0 Å². The lowest BCUT2D eigenvalue weighted by Gasteiger charge is -2.11. The number of rotatable bonds is 10. The number of unbranched alkanes of at least 4 members (excludes halogenated alkanes) is 2. The van der Waals surface area contributed by atoms with Crippen LogP contribution < -0.4 is 10.2 Å². The molecule has 0 atom stereocenters. The lowest BCUT2D eigenvalue weighted by molar-refractivity contribution is 0.414. The predicted octanol–water partition coefficient (Wildman–Crippen LogP) is 3.76. The maximum absolute atomic E-state index is 6.20. The van der Waals surface area contributed by atoms with E-state index in [0.29, 0.717) is 0 Å². The molecule has 2 rings (SSSR count). The van der Waals surface area contributed by atoms with Crippen molar-refractivity contribution < 1.29 is 4.74 Å². The van der Waals surface area contributed by atoms with Gasteiger partial charge >= 0.3 is 0 Å². The van der Waals surface area contributed by atoms with E-state index in [1.54, 1.807) is 7.11 Å². The Labute approximate surface area is 165 Å². The van der Waals surface area contributed by atoms with Crippen LogP contribution in [-0.2, 0) is 12.8 Å². The molecule has 1 aromatic heterocycles. The Kier molecular flexibility index (Phi) is 8.37. The fourth-order valence-corrected chi connectivity index (χ4v) is 2.82. The number of aliphatic imine (C=N–C) groups is 1. The van der Waals surface area contributed by atoms with Crippen molar-refractivity contribution in [3.63, 3.8) is 0 Å². The fourth-order valence-electron chi connectivity index (χ4n) is 2.82. The standard InChI is InChI=1S/C22H30BN3O/c1-5-26(3)16-24-22-15-20(23)21(25-17(22)2)10-8-6-7-9-18-11-13-19(27-4)14-12-18/h11-16H,5-10H2,1-4H3. The first-order chi connectivity index (χ1) is 13.0. The summed E-state index contributed by atoms with van der Waals surface area (Å²) in [5, 5.41) is 0. The van der Waals surface area contributed by atoms with Crippen molar-refractivity contribution in [2.45, 2.75) is 46.0 Å². The highest BCUT2D eigenvalue weighted by Gasteiger charge is 2.06. The van der Waals surface area contributed by atoms with Crippen LogP contribution in [0.15, 0.2) is 35.3 Å². The van der Waals surface area contributed by atoms with Crippen molar-refractivity contribution in [3.8, 4) is 5.75 Å². The zero-order valence-corrected chi connectivity index (χ0v) is 17.0. The van der Waals surface area contributed by atoms with Crippen molar-refractivity contribution in [1.29, 1.82) is 0 Å². The quantitative estimate of drug-likeness (QED) is 0.279. The molecule has 142 valence electrons. The van der Waals surface area contributed by atoms with Crippen LogP contribution in [0.4, 0.5) is 5.69 Å². The van der Waals surface area contributed by atoms with E-state index in [0.717, 1.165) is 66.9 Å². The molecule has 0 amide bonds. The topological polar surface area (TPSA) is 37.7 Å². The van der Waals surface area contributed by atoms with E-state index in [1.165, 1.54) is 5.56 Å². The van der Waals surface area contributed by atoms with E-state index in [9.17, 15) is 0 Å². The summed E-state index contributed by atoms with van der Waals surface area (Å²) in [6, 6.07) is 10.2. The Hall–Kier alpha value is -2.30. The molecule has 1 heterocycles. The van der Waals surface area contributed by atoms with E-state index in [4.69, 9.17) is 12.6 Å². The van der Waals surface area contributed by atoms with Crippen molar-refractivity contribution >= 4 is 25.3 Å². The van der Waals surface area contributed by atoms with E-state index in [-0.39, 0.29) is 0 Å². The number of methoxy groups -OCH3 is 1. The van der Waals surface area contributed by atoms with Gasteiger partial charge in [-0.2, -0.15) is 0 Å². The third-order valence-electron chi connectivity index (χ3n) is 4.73. The average Bonchev–Trinajstić information content (AvgIpc) is 2.69. The molecule has 2 radical (unpaired) electrons. The number of aromatic nitrogens is 1. The molecule has 0 saturated carbocycles. The maximum atomic E-state index is 6.20. The van der Waals surface area contributed by atoms with Crippen molar-refractivity contribution in [3.05, 3.63) is 47.3 Å². The number of aryl methyl sites for hydroxylation is 3. The second-order valence-electron chi connectivity index (χ2n) is 6.86. The minimum absolute atomic E-state index is 0.738. The van der Waals surface area contributed by atoms with Gasteiger partial charge in [0.1, 0.15) is 13.6 Å². The van der Waals surface area contributed by atoms with Gasteiger partial charge < -0.3 is 9.64 Å². The maximum Gasteiger partial charge on any atom is 0.118 e. The van der Waals surface area contributed by atoms with Crippen molar-refractivity contribution in [1.82, 2.24) is 9.88 Å². The Bertz CT molecular complexity index is 744. The molecule has 0 fully saturated rings. The molecular formula is C22H30BN3O. The predicted molar refractivity (Wildman–Crippen MR) is 115 cm³/mol. The first kappa shape index (κ1) is 21.0. The number of pyridine rings is 1. The van der Waals surface area contributed by atoms with Crippen LogP contribution in [0.3, 0.4) is 0 Å². The van der Waals surface area contributed by atoms with Gasteiger partial charge in [0.15, 0.2) is 0 Å². The van der Waals surface area contributed by atoms with Crippen molar-refractivity contribution in [2.24, 2.45) is 4.99 Å². The summed E-state index contributed by atoms with van der Waals surface area (Å²) >= 11 is 0. The summed E-state index contributed by atoms with van der Waals surface area (Å²) in [5.41, 5.74) is 4.85. The Morgan fingerprint density at radius 1 is 1.15 bits per heavy atom. The number of hydrogen-bond donors (Lipinski definition) is 0. The summed E-state index contributed by atoms with van der Waals surface area (Å²) < 4.78 is 5.19. The van der Waals surface area contributed by atoms with Crippen LogP contribution in [0.25, 0.3) is 0 Å². The van der Waals surface area contributed by atoms with Crippen molar-refractivity contribution in [2.75, 3.05) is 20.7 Å². The lowest BCUT2D eigenvalue weighted by atomic mass is 9.91. The van der Waals surface area contributed by atoms with Gasteiger partial charge in [-0.3, -0.25) is 4.98 Å². The van der Waals surface area contributed by atoms with Gasteiger partial charge in [0.05, 0.1) is 24.8 Å². The molecule has 0 unspecified atom stereocenters. The molecule has 5 heteroatoms. The van der Waals surface area contributed by atoms with E-state index in [1.807, 2.05) is 43.4 Å². The van der Waals surface area contributed by atoms with Crippen LogP contribution in [0.5, 0.6) is 5.75 Å². The zero-order chi connectivity index (χ0) is 19.6. The highest BCUT2D eigenvalue weighted by Crippen LogP contribution is 2.17. The van der Waals surface area contributed by atoms with E-state index in [2.05, 4.69) is 29.0 Å². The van der Waals surface area contributed by atoms with E-state index >= 15 is 0 Å². The minimum Gasteiger partial charge on any atom is -0.497 e. The van der Waals surface area contributed by atoms with Crippen LogP contribution >= 0.6 is 0 Å². The molecule has 4 nitrogen and oxygen atoms in total. The van der Waals surface area contributed by atoms with Gasteiger partial charge in [-0.15, -0.1) is 0 Å². The first-order valence-corrected chi connectivity index (χ1v) is 9.66. The van der Waals surface area contributed by atoms with Gasteiger partial charge in [-0.25, -0.2) is 4.99 Å². The SMILES string of the molecule is [B]c1cc(N=CN(C)CC)c(C)nc1CCCCCc1ccc(OC)cc1. The highest BCUT2D eigenvalue weighted by molar-refractivity contribution is 6.33. The lowest BCUT2D eigenvalue weighted by Crippen LogP contribution is -2.16. The Balaban J connectivity index is 1.81. The fraction of sp³-hybridized carbons (Fsp3) is 0.455. The third-order valence-corrected chi connectivity index (χ3v) is 4.73. The molecule has 0 bridgehead atoms. The van der Waals surface area contributed by atoms with E-state index < -0.39 is 0 Å². The Morgan fingerprint density at radius 3 is 2.52 bits per heavy atom. The average molecular weight is 363 g/mol. The normalized spacial score (nSPS) is 11.1. The van der Waals surface area contributed by atoms with Crippen LogP contribution in [0.2, 0.25) is 0 Å². The largest absolute Gasteiger partial charge is 0.497 e. The number of benzene rings is 1. The highest BCUT2D eigenvalue weighted by atomic mass is 16.5. The molecule has 0 N–H and O–H groups in total. The van der Waals surface area contributed by atoms with Gasteiger partial charge in [0.25, 0.3) is 0 Å². The second kappa shape index (κ2) is 10.8. The minimum atomic E-state index is 0.738. The molecule has 1 aromatic carbocycles. The summed E-state index contributed by atoms with van der Waals surface area (Å²) in [6.45, 7) is 4.99. The van der Waals surface area contributed by atoms with Crippen LogP contribution in [0, 0.1) is 6.92 Å². The van der Waals surface area contributed by atoms with Gasteiger partial charge in [-0.05, 0) is 63.3 Å². The molecule has 0 aliphatic rings. The summed E-state index contributed by atoms with van der Waals surface area (Å²) in [6.07, 6.45) is 7.24. The first-order valence-electron chi connectivity index (χ1n) is 9.66. The second-order valence-corrected chi connectivity index (χ2v) is 6.86. The smallest absolute Gasteiger partial charge is 0.118 e. The molecule has 2 aromatic rings. The number of nitrogens with zero attached hydrogens (tertiary/aromatic N) is 3. The molecule has 0 aliphatic carbocycles. The number of hydrogen-bond acceptors (Lipinski definition) is 3. The molecule has 0 spiro atoms. The third kappa shape index (κ3) is 6.74. The molecular weight excluding hydrogens is 333 g/mol. The summed E-state index contributed by atoms with van der Waals surface area (Å²) in [5.74, 6) is 0.907.